The Morgan fingerprint density at radius 2 is 1.77 bits per heavy atom. The number of hydrogen-bond acceptors (Lipinski definition) is 5. The molecule has 0 saturated heterocycles. The molecule has 0 amide bonds. The lowest BCUT2D eigenvalue weighted by molar-refractivity contribution is 0.00704. The number of carbonyl (C=O) groups excluding carboxylic acids is 1. The van der Waals surface area contributed by atoms with Crippen LogP contribution in [0.2, 0.25) is 0 Å². The first kappa shape index (κ1) is 24.5. The molecule has 0 aliphatic rings. The number of esters is 1. The summed E-state index contributed by atoms with van der Waals surface area (Å²) in [6.07, 6.45) is 3.06. The number of aryl methyl sites for hydroxylation is 2. The number of nitrogen functional groups attached to an aromatic ring is 1. The number of benzene rings is 2. The van der Waals surface area contributed by atoms with Crippen LogP contribution in [0.3, 0.4) is 0 Å². The summed E-state index contributed by atoms with van der Waals surface area (Å²) in [6.45, 7) is 10.4. The molecule has 4 rings (SSSR count). The number of pyridine rings is 1. The fourth-order valence-corrected chi connectivity index (χ4v) is 4.12. The number of rotatable bonds is 7. The predicted molar refractivity (Wildman–Crippen MR) is 141 cm³/mol. The maximum Gasteiger partial charge on any atom is 0.339 e. The van der Waals surface area contributed by atoms with Crippen molar-refractivity contribution in [2.45, 2.75) is 66.0 Å². The van der Waals surface area contributed by atoms with Crippen molar-refractivity contribution in [3.05, 3.63) is 77.2 Å². The average Bonchev–Trinajstić information content (AvgIpc) is 3.13. The zero-order valence-corrected chi connectivity index (χ0v) is 21.3. The van der Waals surface area contributed by atoms with Gasteiger partial charge in [0.2, 0.25) is 0 Å². The van der Waals surface area contributed by atoms with E-state index in [9.17, 15) is 4.79 Å². The van der Waals surface area contributed by atoms with Gasteiger partial charge in [-0.25, -0.2) is 14.8 Å². The van der Waals surface area contributed by atoms with Gasteiger partial charge in [-0.2, -0.15) is 0 Å². The summed E-state index contributed by atoms with van der Waals surface area (Å²) in [5.41, 5.74) is 12.3. The van der Waals surface area contributed by atoms with E-state index in [0.29, 0.717) is 17.8 Å². The zero-order chi connectivity index (χ0) is 25.2. The number of nitrogens with zero attached hydrogens (tertiary/aromatic N) is 3. The molecular formula is C29H34N4O2. The van der Waals surface area contributed by atoms with Crippen LogP contribution in [-0.2, 0) is 17.7 Å². The highest BCUT2D eigenvalue weighted by Gasteiger charge is 2.21. The highest BCUT2D eigenvalue weighted by molar-refractivity contribution is 5.97. The van der Waals surface area contributed by atoms with E-state index in [1.165, 1.54) is 0 Å². The lowest BCUT2D eigenvalue weighted by atomic mass is 9.98. The number of carbonyl (C=O) groups is 1. The number of nitrogens with two attached hydrogens (primary N) is 1. The maximum atomic E-state index is 12.8. The van der Waals surface area contributed by atoms with Gasteiger partial charge in [0.25, 0.3) is 0 Å². The van der Waals surface area contributed by atoms with Crippen molar-refractivity contribution in [2.75, 3.05) is 5.73 Å². The molecule has 0 spiro atoms. The first-order valence-electron chi connectivity index (χ1n) is 12.2. The van der Waals surface area contributed by atoms with E-state index in [0.717, 1.165) is 58.6 Å². The van der Waals surface area contributed by atoms with Crippen LogP contribution in [0.4, 0.5) is 5.69 Å². The van der Waals surface area contributed by atoms with Crippen LogP contribution in [0.1, 0.15) is 68.0 Å². The lowest BCUT2D eigenvalue weighted by Crippen LogP contribution is -2.24. The molecule has 6 nitrogen and oxygen atoms in total. The molecule has 0 atom stereocenters. The summed E-state index contributed by atoms with van der Waals surface area (Å²) >= 11 is 0. The highest BCUT2D eigenvalue weighted by atomic mass is 16.6. The molecular weight excluding hydrogens is 436 g/mol. The van der Waals surface area contributed by atoms with E-state index in [2.05, 4.69) is 40.7 Å². The first-order chi connectivity index (χ1) is 16.7. The first-order valence-corrected chi connectivity index (χ1v) is 12.2. The topological polar surface area (TPSA) is 83.0 Å². The minimum absolute atomic E-state index is 0.317. The highest BCUT2D eigenvalue weighted by Crippen LogP contribution is 2.27. The summed E-state index contributed by atoms with van der Waals surface area (Å²) in [6, 6.07) is 17.9. The van der Waals surface area contributed by atoms with Crippen molar-refractivity contribution in [1.29, 1.82) is 0 Å². The molecule has 0 fully saturated rings. The molecule has 0 aliphatic heterocycles. The number of anilines is 1. The fraction of sp³-hybridized carbons (Fsp3) is 0.345. The quantitative estimate of drug-likeness (QED) is 0.319. The molecule has 0 radical (unpaired) electrons. The summed E-state index contributed by atoms with van der Waals surface area (Å²) in [5.74, 6) is 0.710. The van der Waals surface area contributed by atoms with Gasteiger partial charge in [-0.15, -0.1) is 0 Å². The largest absolute Gasteiger partial charge is 0.456 e. The lowest BCUT2D eigenvalue weighted by Gasteiger charge is -2.20. The summed E-state index contributed by atoms with van der Waals surface area (Å²) in [4.78, 5) is 22.2. The SMILES string of the molecule is CCCCc1nc2nc(C)c(N)cc2n1Cc1ccc(-c2ccccc2C(=O)OC(C)(C)C)cc1. The van der Waals surface area contributed by atoms with E-state index in [-0.39, 0.29) is 5.97 Å². The molecule has 6 heteroatoms. The van der Waals surface area contributed by atoms with Crippen LogP contribution in [-0.4, -0.2) is 26.1 Å². The van der Waals surface area contributed by atoms with E-state index < -0.39 is 5.60 Å². The summed E-state index contributed by atoms with van der Waals surface area (Å²) in [7, 11) is 0. The molecule has 2 N–H and O–H groups in total. The van der Waals surface area contributed by atoms with Gasteiger partial charge in [-0.05, 0) is 62.9 Å². The van der Waals surface area contributed by atoms with Crippen molar-refractivity contribution < 1.29 is 9.53 Å². The maximum absolute atomic E-state index is 12.8. The van der Waals surface area contributed by atoms with Crippen LogP contribution in [0.5, 0.6) is 0 Å². The van der Waals surface area contributed by atoms with Gasteiger partial charge in [0.1, 0.15) is 11.4 Å². The van der Waals surface area contributed by atoms with Crippen LogP contribution >= 0.6 is 0 Å². The second kappa shape index (κ2) is 9.90. The number of unbranched alkanes of at least 4 members (excludes halogenated alkanes) is 1. The minimum Gasteiger partial charge on any atom is -0.456 e. The zero-order valence-electron chi connectivity index (χ0n) is 21.3. The van der Waals surface area contributed by atoms with Crippen LogP contribution in [0, 0.1) is 6.92 Å². The number of hydrogen-bond donors (Lipinski definition) is 1. The smallest absolute Gasteiger partial charge is 0.339 e. The molecule has 2 heterocycles. The Balaban J connectivity index is 1.65. The average molecular weight is 471 g/mol. The molecule has 35 heavy (non-hydrogen) atoms. The van der Waals surface area contributed by atoms with Gasteiger partial charge in [0, 0.05) is 13.0 Å². The summed E-state index contributed by atoms with van der Waals surface area (Å²) in [5, 5.41) is 0. The van der Waals surface area contributed by atoms with Gasteiger partial charge in [0.15, 0.2) is 5.65 Å². The Morgan fingerprint density at radius 1 is 1.06 bits per heavy atom. The number of fused-ring (bicyclic) bond motifs is 1. The normalized spacial score (nSPS) is 11.7. The van der Waals surface area contributed by atoms with Crippen molar-refractivity contribution >= 4 is 22.8 Å². The van der Waals surface area contributed by atoms with Crippen molar-refractivity contribution in [2.24, 2.45) is 0 Å². The number of imidazole rings is 1. The van der Waals surface area contributed by atoms with E-state index in [1.54, 1.807) is 0 Å². The molecule has 4 aromatic rings. The third-order valence-electron chi connectivity index (χ3n) is 5.96. The van der Waals surface area contributed by atoms with Crippen LogP contribution < -0.4 is 5.73 Å². The van der Waals surface area contributed by atoms with Crippen molar-refractivity contribution in [1.82, 2.24) is 14.5 Å². The fourth-order valence-electron chi connectivity index (χ4n) is 4.12. The summed E-state index contributed by atoms with van der Waals surface area (Å²) < 4.78 is 7.84. The van der Waals surface area contributed by atoms with Crippen LogP contribution in [0.15, 0.2) is 54.6 Å². The number of ether oxygens (including phenoxy) is 1. The van der Waals surface area contributed by atoms with E-state index in [1.807, 2.05) is 58.0 Å². The molecule has 0 unspecified atom stereocenters. The molecule has 2 aromatic carbocycles. The Morgan fingerprint density at radius 3 is 2.46 bits per heavy atom. The van der Waals surface area contributed by atoms with Crippen LogP contribution in [0.25, 0.3) is 22.3 Å². The molecule has 0 aliphatic carbocycles. The third-order valence-corrected chi connectivity index (χ3v) is 5.96. The van der Waals surface area contributed by atoms with E-state index >= 15 is 0 Å². The predicted octanol–water partition coefficient (Wildman–Crippen LogP) is 6.34. The Kier molecular flexibility index (Phi) is 6.92. The third kappa shape index (κ3) is 5.53. The van der Waals surface area contributed by atoms with Gasteiger partial charge >= 0.3 is 5.97 Å². The Labute approximate surface area is 207 Å². The van der Waals surface area contributed by atoms with Gasteiger partial charge in [0.05, 0.1) is 22.5 Å². The Hall–Kier alpha value is -3.67. The van der Waals surface area contributed by atoms with Crippen molar-refractivity contribution in [3.63, 3.8) is 0 Å². The minimum atomic E-state index is -0.548. The van der Waals surface area contributed by atoms with Crippen molar-refractivity contribution in [3.8, 4) is 11.1 Å². The molecule has 2 aromatic heterocycles. The molecule has 0 saturated carbocycles. The molecule has 182 valence electrons. The van der Waals surface area contributed by atoms with Gasteiger partial charge < -0.3 is 15.0 Å². The second-order valence-corrected chi connectivity index (χ2v) is 9.97. The Bertz CT molecular complexity index is 1350. The number of aromatic nitrogens is 3. The van der Waals surface area contributed by atoms with E-state index in [4.69, 9.17) is 15.5 Å². The monoisotopic (exact) mass is 470 g/mol. The molecule has 0 bridgehead atoms. The van der Waals surface area contributed by atoms with Gasteiger partial charge in [-0.3, -0.25) is 0 Å². The standard InChI is InChI=1S/C29H34N4O2/c1-6-7-12-26-32-27-25(17-24(30)19(2)31-27)33(26)18-20-13-15-21(16-14-20)22-10-8-9-11-23(22)28(34)35-29(3,4)5/h8-11,13-17H,6-7,12,18,30H2,1-5H3. The van der Waals surface area contributed by atoms with Gasteiger partial charge in [-0.1, -0.05) is 55.8 Å². The second-order valence-electron chi connectivity index (χ2n) is 9.97.